The van der Waals surface area contributed by atoms with Crippen LogP contribution in [-0.2, 0) is 0 Å². The van der Waals surface area contributed by atoms with E-state index in [1.165, 1.54) is 57.8 Å². The second-order valence-corrected chi connectivity index (χ2v) is 6.75. The fourth-order valence-corrected chi connectivity index (χ4v) is 4.71. The van der Waals surface area contributed by atoms with E-state index in [0.29, 0.717) is 5.92 Å². The number of allylic oxidation sites excluding steroid dienone is 8. The van der Waals surface area contributed by atoms with Gasteiger partial charge in [-0.25, -0.2) is 0 Å². The van der Waals surface area contributed by atoms with Crippen LogP contribution >= 0.6 is 0 Å². The van der Waals surface area contributed by atoms with Gasteiger partial charge in [0.25, 0.3) is 0 Å². The van der Waals surface area contributed by atoms with Crippen molar-refractivity contribution in [2.45, 2.75) is 64.7 Å². The first kappa shape index (κ1) is 11.8. The van der Waals surface area contributed by atoms with Crippen molar-refractivity contribution in [1.82, 2.24) is 0 Å². The van der Waals surface area contributed by atoms with Gasteiger partial charge >= 0.3 is 0 Å². The maximum Gasteiger partial charge on any atom is 0.0239 e. The molecule has 0 aromatic heterocycles. The Bertz CT molecular complexity index is 536. The Kier molecular flexibility index (Phi) is 2.79. The Morgan fingerprint density at radius 3 is 2.68 bits per heavy atom. The van der Waals surface area contributed by atoms with E-state index in [-0.39, 0.29) is 0 Å². The van der Waals surface area contributed by atoms with Gasteiger partial charge in [-0.15, -0.1) is 0 Å². The third-order valence-corrected chi connectivity index (χ3v) is 5.58. The lowest BCUT2D eigenvalue weighted by atomic mass is 9.80. The second kappa shape index (κ2) is 4.51. The van der Waals surface area contributed by atoms with Crippen LogP contribution in [-0.4, -0.2) is 0 Å². The smallest absolute Gasteiger partial charge is 0.0239 e. The van der Waals surface area contributed by atoms with Crippen molar-refractivity contribution in [3.63, 3.8) is 0 Å². The first-order valence-electron chi connectivity index (χ1n) is 8.15. The Labute approximate surface area is 117 Å². The van der Waals surface area contributed by atoms with Crippen molar-refractivity contribution in [2.24, 2.45) is 5.92 Å². The predicted molar refractivity (Wildman–Crippen MR) is 80.9 cm³/mol. The van der Waals surface area contributed by atoms with Crippen molar-refractivity contribution in [1.29, 1.82) is 0 Å². The molecular weight excluding hydrogens is 228 g/mol. The fourth-order valence-electron chi connectivity index (χ4n) is 4.71. The molecule has 0 nitrogen and oxygen atoms in total. The minimum atomic E-state index is 0.667. The Morgan fingerprint density at radius 1 is 0.947 bits per heavy atom. The second-order valence-electron chi connectivity index (χ2n) is 6.75. The van der Waals surface area contributed by atoms with Crippen molar-refractivity contribution in [2.75, 3.05) is 0 Å². The zero-order valence-electron chi connectivity index (χ0n) is 12.1. The first-order chi connectivity index (χ1) is 9.34. The molecule has 0 N–H and O–H groups in total. The highest BCUT2D eigenvalue weighted by Gasteiger charge is 2.33. The van der Waals surface area contributed by atoms with E-state index >= 15 is 0 Å². The maximum atomic E-state index is 2.51. The van der Waals surface area contributed by atoms with Crippen LogP contribution < -0.4 is 0 Å². The van der Waals surface area contributed by atoms with Crippen LogP contribution in [0.15, 0.2) is 45.6 Å². The highest BCUT2D eigenvalue weighted by atomic mass is 14.4. The van der Waals surface area contributed by atoms with Gasteiger partial charge in [0.15, 0.2) is 0 Å². The Balaban J connectivity index is 1.73. The molecule has 1 atom stereocenters. The molecule has 4 aliphatic rings. The predicted octanol–water partition coefficient (Wildman–Crippen LogP) is 5.63. The molecule has 0 fully saturated rings. The topological polar surface area (TPSA) is 0 Å². The lowest BCUT2D eigenvalue weighted by molar-refractivity contribution is 0.641. The van der Waals surface area contributed by atoms with Gasteiger partial charge < -0.3 is 0 Å². The van der Waals surface area contributed by atoms with Gasteiger partial charge in [0.1, 0.15) is 0 Å². The minimum absolute atomic E-state index is 0.667. The summed E-state index contributed by atoms with van der Waals surface area (Å²) in [7, 11) is 0. The van der Waals surface area contributed by atoms with Crippen LogP contribution in [0.3, 0.4) is 0 Å². The standard InChI is InChI=1S/C19H24/c1-13-12-15-7-3-5-9-17(15)19(13)18-11-10-14-6-2-4-8-16(14)18/h10-11,18H,2-9,12H2,1H3. The molecule has 0 heteroatoms. The summed E-state index contributed by atoms with van der Waals surface area (Å²) in [5.41, 5.74) is 10.5. The summed E-state index contributed by atoms with van der Waals surface area (Å²) in [6.07, 6.45) is 17.3. The van der Waals surface area contributed by atoms with Crippen molar-refractivity contribution < 1.29 is 0 Å². The molecule has 4 aliphatic carbocycles. The van der Waals surface area contributed by atoms with Gasteiger partial charge in [-0.1, -0.05) is 28.9 Å². The highest BCUT2D eigenvalue weighted by molar-refractivity contribution is 5.56. The summed E-state index contributed by atoms with van der Waals surface area (Å²) >= 11 is 0. The Morgan fingerprint density at radius 2 is 1.74 bits per heavy atom. The minimum Gasteiger partial charge on any atom is -0.0727 e. The monoisotopic (exact) mass is 252 g/mol. The van der Waals surface area contributed by atoms with E-state index in [4.69, 9.17) is 0 Å². The zero-order valence-corrected chi connectivity index (χ0v) is 12.1. The van der Waals surface area contributed by atoms with Gasteiger partial charge in [-0.3, -0.25) is 0 Å². The number of hydrogen-bond donors (Lipinski definition) is 0. The molecule has 0 aromatic carbocycles. The average Bonchev–Trinajstić information content (AvgIpc) is 2.98. The molecule has 0 amide bonds. The van der Waals surface area contributed by atoms with E-state index in [1.807, 2.05) is 0 Å². The highest BCUT2D eigenvalue weighted by Crippen LogP contribution is 2.49. The van der Waals surface area contributed by atoms with E-state index in [0.717, 1.165) is 0 Å². The third kappa shape index (κ3) is 1.80. The normalized spacial score (nSPS) is 30.3. The molecule has 19 heavy (non-hydrogen) atoms. The molecule has 0 spiro atoms. The largest absolute Gasteiger partial charge is 0.0727 e. The van der Waals surface area contributed by atoms with Crippen LogP contribution in [0.4, 0.5) is 0 Å². The summed E-state index contributed by atoms with van der Waals surface area (Å²) < 4.78 is 0. The molecular formula is C19H24. The van der Waals surface area contributed by atoms with Crippen molar-refractivity contribution >= 4 is 0 Å². The van der Waals surface area contributed by atoms with Gasteiger partial charge in [0.2, 0.25) is 0 Å². The van der Waals surface area contributed by atoms with Crippen LogP contribution in [0.1, 0.15) is 64.7 Å². The van der Waals surface area contributed by atoms with Crippen LogP contribution in [0.5, 0.6) is 0 Å². The summed E-state index contributed by atoms with van der Waals surface area (Å²) in [4.78, 5) is 0. The number of hydrogen-bond acceptors (Lipinski definition) is 0. The summed E-state index contributed by atoms with van der Waals surface area (Å²) in [5.74, 6) is 0.667. The molecule has 1 unspecified atom stereocenters. The molecule has 0 bridgehead atoms. The first-order valence-corrected chi connectivity index (χ1v) is 8.15. The molecule has 0 heterocycles. The van der Waals surface area contributed by atoms with E-state index in [9.17, 15) is 0 Å². The molecule has 0 saturated heterocycles. The van der Waals surface area contributed by atoms with Crippen molar-refractivity contribution in [3.05, 3.63) is 45.6 Å². The van der Waals surface area contributed by atoms with E-state index in [2.05, 4.69) is 19.1 Å². The average molecular weight is 252 g/mol. The van der Waals surface area contributed by atoms with Crippen LogP contribution in [0, 0.1) is 5.92 Å². The summed E-state index contributed by atoms with van der Waals surface area (Å²) in [5, 5.41) is 0. The van der Waals surface area contributed by atoms with Crippen LogP contribution in [0.25, 0.3) is 0 Å². The SMILES string of the molecule is CC1=C(C2C=CC3=C2CCCC3)C2=C(CCCC2)C1. The quantitative estimate of drug-likeness (QED) is 0.567. The Hall–Kier alpha value is -1.04. The summed E-state index contributed by atoms with van der Waals surface area (Å²) in [6, 6.07) is 0. The molecule has 100 valence electrons. The fraction of sp³-hybridized carbons (Fsp3) is 0.579. The van der Waals surface area contributed by atoms with E-state index in [1.54, 1.807) is 33.4 Å². The van der Waals surface area contributed by atoms with Crippen molar-refractivity contribution in [3.8, 4) is 0 Å². The molecule has 4 rings (SSSR count). The lowest BCUT2D eigenvalue weighted by Crippen LogP contribution is -2.09. The van der Waals surface area contributed by atoms with E-state index < -0.39 is 0 Å². The van der Waals surface area contributed by atoms with Gasteiger partial charge in [-0.2, -0.15) is 0 Å². The molecule has 0 aliphatic heterocycles. The van der Waals surface area contributed by atoms with Crippen LogP contribution in [0.2, 0.25) is 0 Å². The molecule has 0 radical (unpaired) electrons. The number of rotatable bonds is 1. The van der Waals surface area contributed by atoms with Gasteiger partial charge in [0, 0.05) is 5.92 Å². The zero-order chi connectivity index (χ0) is 12.8. The molecule has 0 aromatic rings. The summed E-state index contributed by atoms with van der Waals surface area (Å²) in [6.45, 7) is 2.39. The van der Waals surface area contributed by atoms with Gasteiger partial charge in [-0.05, 0) is 81.4 Å². The molecule has 0 saturated carbocycles. The lowest BCUT2D eigenvalue weighted by Gasteiger charge is -2.25. The maximum absolute atomic E-state index is 2.51. The third-order valence-electron chi connectivity index (χ3n) is 5.58. The van der Waals surface area contributed by atoms with Gasteiger partial charge in [0.05, 0.1) is 0 Å².